The quantitative estimate of drug-likeness (QED) is 0.478. The summed E-state index contributed by atoms with van der Waals surface area (Å²) in [5.41, 5.74) is 0.738. The molecule has 1 unspecified atom stereocenters. The summed E-state index contributed by atoms with van der Waals surface area (Å²) in [7, 11) is 1.17. The highest BCUT2D eigenvalue weighted by Gasteiger charge is 2.21. The second kappa shape index (κ2) is 7.83. The number of nitrogens with one attached hydrogen (secondary N) is 1. The zero-order chi connectivity index (χ0) is 19.6. The largest absolute Gasteiger partial charge is 0.465 e. The van der Waals surface area contributed by atoms with Crippen molar-refractivity contribution in [1.82, 2.24) is 10.3 Å². The SMILES string of the molecule is COC(=O)c1cc(C(=O)NCc2nc3c(s2)CC(C)CC3)cc([N+](=O)[O-])c1. The van der Waals surface area contributed by atoms with Gasteiger partial charge in [0.1, 0.15) is 5.01 Å². The number of hydrogen-bond donors (Lipinski definition) is 1. The molecular weight excluding hydrogens is 370 g/mol. The number of aromatic nitrogens is 1. The van der Waals surface area contributed by atoms with E-state index in [0.717, 1.165) is 42.1 Å². The van der Waals surface area contributed by atoms with E-state index in [0.29, 0.717) is 5.92 Å². The molecule has 0 saturated carbocycles. The lowest BCUT2D eigenvalue weighted by molar-refractivity contribution is -0.384. The Kier molecular flexibility index (Phi) is 5.50. The summed E-state index contributed by atoms with van der Waals surface area (Å²) in [5.74, 6) is -0.609. The summed E-state index contributed by atoms with van der Waals surface area (Å²) >= 11 is 1.59. The van der Waals surface area contributed by atoms with E-state index in [-0.39, 0.29) is 23.4 Å². The summed E-state index contributed by atoms with van der Waals surface area (Å²) in [6, 6.07) is 3.50. The van der Waals surface area contributed by atoms with Crippen LogP contribution >= 0.6 is 11.3 Å². The van der Waals surface area contributed by atoms with Gasteiger partial charge in [0, 0.05) is 22.6 Å². The number of nitro groups is 1. The lowest BCUT2D eigenvalue weighted by Crippen LogP contribution is -2.23. The van der Waals surface area contributed by atoms with Gasteiger partial charge in [-0.2, -0.15) is 0 Å². The lowest BCUT2D eigenvalue weighted by Gasteiger charge is -2.15. The molecule has 0 fully saturated rings. The summed E-state index contributed by atoms with van der Waals surface area (Å²) in [4.78, 5) is 40.4. The van der Waals surface area contributed by atoms with Crippen LogP contribution in [0.2, 0.25) is 0 Å². The molecule has 1 atom stereocenters. The van der Waals surface area contributed by atoms with Gasteiger partial charge in [-0.25, -0.2) is 9.78 Å². The second-order valence-corrected chi connectivity index (χ2v) is 7.69. The minimum absolute atomic E-state index is 0.0274. The molecule has 1 aliphatic rings. The minimum Gasteiger partial charge on any atom is -0.465 e. The fraction of sp³-hybridized carbons (Fsp3) is 0.389. The summed E-state index contributed by atoms with van der Waals surface area (Å²) in [6.07, 6.45) is 3.08. The van der Waals surface area contributed by atoms with Gasteiger partial charge in [0.15, 0.2) is 0 Å². The molecule has 27 heavy (non-hydrogen) atoms. The first-order valence-electron chi connectivity index (χ1n) is 8.50. The number of carbonyl (C=O) groups excluding carboxylic acids is 2. The monoisotopic (exact) mass is 389 g/mol. The standard InChI is InChI=1S/C18H19N3O5S/c1-10-3-4-14-15(5-10)27-16(20-14)9-19-17(22)11-6-12(18(23)26-2)8-13(7-11)21(24)25/h6-8,10H,3-5,9H2,1-2H3,(H,19,22). The Balaban J connectivity index is 1.75. The molecule has 0 aliphatic heterocycles. The molecule has 0 bridgehead atoms. The number of nitro benzene ring substituents is 1. The Labute approximate surface area is 159 Å². The van der Waals surface area contributed by atoms with Crippen molar-refractivity contribution in [3.63, 3.8) is 0 Å². The van der Waals surface area contributed by atoms with Gasteiger partial charge in [0.2, 0.25) is 0 Å². The predicted octanol–water partition coefficient (Wildman–Crippen LogP) is 2.89. The van der Waals surface area contributed by atoms with E-state index in [9.17, 15) is 19.7 Å². The van der Waals surface area contributed by atoms with E-state index in [1.165, 1.54) is 18.1 Å². The first-order valence-corrected chi connectivity index (χ1v) is 9.32. The van der Waals surface area contributed by atoms with Crippen LogP contribution < -0.4 is 5.32 Å². The van der Waals surface area contributed by atoms with Gasteiger partial charge < -0.3 is 10.1 Å². The molecule has 9 heteroatoms. The number of ether oxygens (including phenoxy) is 1. The molecule has 8 nitrogen and oxygen atoms in total. The van der Waals surface area contributed by atoms with Gasteiger partial charge in [-0.1, -0.05) is 6.92 Å². The highest BCUT2D eigenvalue weighted by atomic mass is 32.1. The van der Waals surface area contributed by atoms with Crippen molar-refractivity contribution in [2.75, 3.05) is 7.11 Å². The first kappa shape index (κ1) is 19.0. The number of esters is 1. The number of thiazole rings is 1. The van der Waals surface area contributed by atoms with Crippen molar-refractivity contribution in [3.05, 3.63) is 55.0 Å². The zero-order valence-corrected chi connectivity index (χ0v) is 15.8. The Morgan fingerprint density at radius 1 is 1.37 bits per heavy atom. The number of hydrogen-bond acceptors (Lipinski definition) is 7. The number of rotatable bonds is 5. The molecule has 0 saturated heterocycles. The molecule has 3 rings (SSSR count). The molecule has 1 aromatic heterocycles. The zero-order valence-electron chi connectivity index (χ0n) is 15.0. The first-order chi connectivity index (χ1) is 12.9. The Hall–Kier alpha value is -2.81. The molecular formula is C18H19N3O5S. The molecule has 1 aromatic carbocycles. The fourth-order valence-corrected chi connectivity index (χ4v) is 4.23. The Bertz CT molecular complexity index is 908. The van der Waals surface area contributed by atoms with E-state index < -0.39 is 16.8 Å². The average molecular weight is 389 g/mol. The highest BCUT2D eigenvalue weighted by Crippen LogP contribution is 2.29. The van der Waals surface area contributed by atoms with Crippen molar-refractivity contribution >= 4 is 28.9 Å². The number of benzene rings is 1. The third-order valence-corrected chi connectivity index (χ3v) is 5.56. The van der Waals surface area contributed by atoms with Gasteiger partial charge in [-0.3, -0.25) is 14.9 Å². The number of non-ortho nitro benzene ring substituents is 1. The molecule has 1 heterocycles. The average Bonchev–Trinajstić information content (AvgIpc) is 3.06. The van der Waals surface area contributed by atoms with Crippen LogP contribution in [-0.4, -0.2) is 28.9 Å². The Morgan fingerprint density at radius 3 is 2.81 bits per heavy atom. The van der Waals surface area contributed by atoms with Crippen molar-refractivity contribution < 1.29 is 19.2 Å². The topological polar surface area (TPSA) is 111 Å². The normalized spacial score (nSPS) is 15.7. The third-order valence-electron chi connectivity index (χ3n) is 4.44. The fourth-order valence-electron chi connectivity index (χ4n) is 3.01. The molecule has 0 spiro atoms. The van der Waals surface area contributed by atoms with Crippen molar-refractivity contribution in [2.45, 2.75) is 32.7 Å². The van der Waals surface area contributed by atoms with Crippen LogP contribution in [0.25, 0.3) is 0 Å². The highest BCUT2D eigenvalue weighted by molar-refractivity contribution is 7.11. The van der Waals surface area contributed by atoms with Crippen LogP contribution in [0.4, 0.5) is 5.69 Å². The van der Waals surface area contributed by atoms with E-state index in [1.54, 1.807) is 11.3 Å². The number of carbonyl (C=O) groups is 2. The van der Waals surface area contributed by atoms with Crippen LogP contribution in [0.5, 0.6) is 0 Å². The number of nitrogens with zero attached hydrogens (tertiary/aromatic N) is 2. The maximum atomic E-state index is 12.4. The summed E-state index contributed by atoms with van der Waals surface area (Å²) < 4.78 is 4.59. The van der Waals surface area contributed by atoms with Crippen LogP contribution in [0.15, 0.2) is 18.2 Å². The van der Waals surface area contributed by atoms with E-state index >= 15 is 0 Å². The van der Waals surface area contributed by atoms with Crippen molar-refractivity contribution in [3.8, 4) is 0 Å². The van der Waals surface area contributed by atoms with Crippen molar-refractivity contribution in [1.29, 1.82) is 0 Å². The third kappa shape index (κ3) is 4.30. The van der Waals surface area contributed by atoms with E-state index in [1.807, 2.05) is 0 Å². The number of amides is 1. The van der Waals surface area contributed by atoms with Gasteiger partial charge in [0.25, 0.3) is 11.6 Å². The maximum Gasteiger partial charge on any atom is 0.338 e. The van der Waals surface area contributed by atoms with Crippen LogP contribution in [0.3, 0.4) is 0 Å². The molecule has 0 radical (unpaired) electrons. The molecule has 1 aliphatic carbocycles. The summed E-state index contributed by atoms with van der Waals surface area (Å²) in [5, 5.41) is 14.6. The number of methoxy groups -OCH3 is 1. The van der Waals surface area contributed by atoms with Gasteiger partial charge >= 0.3 is 5.97 Å². The Morgan fingerprint density at radius 2 is 2.11 bits per heavy atom. The maximum absolute atomic E-state index is 12.4. The lowest BCUT2D eigenvalue weighted by atomic mass is 9.93. The van der Waals surface area contributed by atoms with Gasteiger partial charge in [0.05, 0.1) is 29.8 Å². The van der Waals surface area contributed by atoms with Crippen LogP contribution in [0.1, 0.15) is 49.6 Å². The molecule has 1 amide bonds. The predicted molar refractivity (Wildman–Crippen MR) is 98.9 cm³/mol. The van der Waals surface area contributed by atoms with E-state index in [2.05, 4.69) is 22.0 Å². The number of fused-ring (bicyclic) bond motifs is 1. The van der Waals surface area contributed by atoms with Crippen molar-refractivity contribution in [2.24, 2.45) is 5.92 Å². The second-order valence-electron chi connectivity index (χ2n) is 6.53. The van der Waals surface area contributed by atoms with Gasteiger partial charge in [-0.05, 0) is 31.2 Å². The molecule has 142 valence electrons. The minimum atomic E-state index is -0.741. The van der Waals surface area contributed by atoms with Crippen LogP contribution in [0, 0.1) is 16.0 Å². The summed E-state index contributed by atoms with van der Waals surface area (Å²) in [6.45, 7) is 2.45. The van der Waals surface area contributed by atoms with Gasteiger partial charge in [-0.15, -0.1) is 11.3 Å². The van der Waals surface area contributed by atoms with E-state index in [4.69, 9.17) is 0 Å². The molecule has 1 N–H and O–H groups in total. The number of aryl methyl sites for hydroxylation is 1. The smallest absolute Gasteiger partial charge is 0.338 e. The van der Waals surface area contributed by atoms with Crippen LogP contribution in [-0.2, 0) is 24.1 Å². The molecule has 2 aromatic rings.